The number of benzene rings is 2. The van der Waals surface area contributed by atoms with Gasteiger partial charge in [-0.1, -0.05) is 42.5 Å². The molecule has 2 aromatic carbocycles. The number of rotatable bonds is 5. The summed E-state index contributed by atoms with van der Waals surface area (Å²) in [5, 5.41) is 6.21. The number of para-hydroxylation sites is 1. The summed E-state index contributed by atoms with van der Waals surface area (Å²) in [6.45, 7) is 1.32. The second-order valence-electron chi connectivity index (χ2n) is 4.59. The highest BCUT2D eigenvalue weighted by atomic mass is 16.5. The van der Waals surface area contributed by atoms with Crippen molar-refractivity contribution < 1.29 is 4.74 Å². The van der Waals surface area contributed by atoms with E-state index in [4.69, 9.17) is 4.74 Å². The molecule has 21 heavy (non-hydrogen) atoms. The molecular formula is C17H21N3O. The number of nitrogens with one attached hydrogen (secondary N) is 2. The Labute approximate surface area is 125 Å². The maximum atomic E-state index is 5.72. The van der Waals surface area contributed by atoms with Gasteiger partial charge < -0.3 is 15.4 Å². The van der Waals surface area contributed by atoms with Crippen LogP contribution in [0.25, 0.3) is 0 Å². The Morgan fingerprint density at radius 2 is 1.67 bits per heavy atom. The van der Waals surface area contributed by atoms with E-state index in [9.17, 15) is 0 Å². The van der Waals surface area contributed by atoms with E-state index in [-0.39, 0.29) is 0 Å². The van der Waals surface area contributed by atoms with Gasteiger partial charge in [-0.25, -0.2) is 0 Å². The van der Waals surface area contributed by atoms with Crippen LogP contribution in [-0.2, 0) is 13.2 Å². The molecule has 0 amide bonds. The molecule has 0 aliphatic heterocycles. The molecule has 0 atom stereocenters. The Kier molecular flexibility index (Phi) is 5.64. The van der Waals surface area contributed by atoms with Crippen molar-refractivity contribution in [3.05, 3.63) is 65.7 Å². The maximum Gasteiger partial charge on any atom is 0.190 e. The maximum absolute atomic E-state index is 5.72. The molecule has 2 aromatic rings. The first-order valence-corrected chi connectivity index (χ1v) is 6.96. The second-order valence-corrected chi connectivity index (χ2v) is 4.59. The van der Waals surface area contributed by atoms with Gasteiger partial charge >= 0.3 is 0 Å². The molecule has 0 saturated heterocycles. The van der Waals surface area contributed by atoms with Gasteiger partial charge in [-0.15, -0.1) is 0 Å². The van der Waals surface area contributed by atoms with Gasteiger partial charge in [-0.2, -0.15) is 0 Å². The van der Waals surface area contributed by atoms with Gasteiger partial charge in [0.2, 0.25) is 0 Å². The Bertz CT molecular complexity index is 564. The fraction of sp³-hybridized carbons (Fsp3) is 0.235. The quantitative estimate of drug-likeness (QED) is 0.655. The number of hydrogen-bond donors (Lipinski definition) is 2. The Morgan fingerprint density at radius 3 is 2.29 bits per heavy atom. The summed E-state index contributed by atoms with van der Waals surface area (Å²) in [4.78, 5) is 4.08. The largest absolute Gasteiger partial charge is 0.489 e. The van der Waals surface area contributed by atoms with Gasteiger partial charge in [0.05, 0.1) is 0 Å². The minimum absolute atomic E-state index is 0.579. The van der Waals surface area contributed by atoms with Crippen molar-refractivity contribution in [3.8, 4) is 5.75 Å². The molecule has 0 fully saturated rings. The van der Waals surface area contributed by atoms with Gasteiger partial charge in [0.1, 0.15) is 12.4 Å². The van der Waals surface area contributed by atoms with E-state index in [0.717, 1.165) is 23.8 Å². The molecule has 0 bridgehead atoms. The SMILES string of the molecule is CN=C(NC)NCc1ccc(COc2ccccc2)cc1. The Morgan fingerprint density at radius 1 is 1.00 bits per heavy atom. The number of aliphatic imine (C=N–C) groups is 1. The van der Waals surface area contributed by atoms with E-state index in [0.29, 0.717) is 6.61 Å². The molecular weight excluding hydrogens is 262 g/mol. The lowest BCUT2D eigenvalue weighted by Gasteiger charge is -2.09. The third-order valence-corrected chi connectivity index (χ3v) is 3.09. The van der Waals surface area contributed by atoms with Crippen LogP contribution in [0.3, 0.4) is 0 Å². The molecule has 110 valence electrons. The third-order valence-electron chi connectivity index (χ3n) is 3.09. The van der Waals surface area contributed by atoms with E-state index >= 15 is 0 Å². The fourth-order valence-electron chi connectivity index (χ4n) is 1.90. The summed E-state index contributed by atoms with van der Waals surface area (Å²) in [6, 6.07) is 18.2. The molecule has 4 heteroatoms. The normalized spacial score (nSPS) is 11.0. The van der Waals surface area contributed by atoms with Gasteiger partial charge in [0.15, 0.2) is 5.96 Å². The average Bonchev–Trinajstić information content (AvgIpc) is 2.56. The van der Waals surface area contributed by atoms with Crippen LogP contribution in [0.15, 0.2) is 59.6 Å². The lowest BCUT2D eigenvalue weighted by molar-refractivity contribution is 0.306. The van der Waals surface area contributed by atoms with Gasteiger partial charge in [-0.05, 0) is 23.3 Å². The fourth-order valence-corrected chi connectivity index (χ4v) is 1.90. The van der Waals surface area contributed by atoms with E-state index in [1.165, 1.54) is 5.56 Å². The van der Waals surface area contributed by atoms with E-state index in [2.05, 4.69) is 39.9 Å². The van der Waals surface area contributed by atoms with Crippen LogP contribution < -0.4 is 15.4 Å². The summed E-state index contributed by atoms with van der Waals surface area (Å²) in [5.74, 6) is 1.67. The minimum Gasteiger partial charge on any atom is -0.489 e. The standard InChI is InChI=1S/C17H21N3O/c1-18-17(19-2)20-12-14-8-10-15(11-9-14)13-21-16-6-4-3-5-7-16/h3-11H,12-13H2,1-2H3,(H2,18,19,20). The monoisotopic (exact) mass is 283 g/mol. The zero-order valence-corrected chi connectivity index (χ0v) is 12.5. The van der Waals surface area contributed by atoms with E-state index in [1.807, 2.05) is 37.4 Å². The van der Waals surface area contributed by atoms with E-state index in [1.54, 1.807) is 7.05 Å². The first-order chi connectivity index (χ1) is 10.3. The van der Waals surface area contributed by atoms with Crippen molar-refractivity contribution in [1.29, 1.82) is 0 Å². The molecule has 0 spiro atoms. The highest BCUT2D eigenvalue weighted by Crippen LogP contribution is 2.12. The number of hydrogen-bond acceptors (Lipinski definition) is 2. The molecule has 2 rings (SSSR count). The molecule has 0 unspecified atom stereocenters. The zero-order chi connectivity index (χ0) is 14.9. The van der Waals surface area contributed by atoms with Gasteiger partial charge in [0, 0.05) is 20.6 Å². The molecule has 0 saturated carbocycles. The third kappa shape index (κ3) is 4.84. The predicted octanol–water partition coefficient (Wildman–Crippen LogP) is 2.56. The lowest BCUT2D eigenvalue weighted by atomic mass is 10.1. The van der Waals surface area contributed by atoms with Crippen LogP contribution in [0.2, 0.25) is 0 Å². The summed E-state index contributed by atoms with van der Waals surface area (Å²) < 4.78 is 5.72. The van der Waals surface area contributed by atoms with Crippen LogP contribution >= 0.6 is 0 Å². The van der Waals surface area contributed by atoms with Crippen molar-refractivity contribution in [1.82, 2.24) is 10.6 Å². The minimum atomic E-state index is 0.579. The molecule has 4 nitrogen and oxygen atoms in total. The van der Waals surface area contributed by atoms with Crippen molar-refractivity contribution in [3.63, 3.8) is 0 Å². The van der Waals surface area contributed by atoms with Crippen LogP contribution in [0.5, 0.6) is 5.75 Å². The number of guanidine groups is 1. The molecule has 0 aliphatic rings. The van der Waals surface area contributed by atoms with Crippen molar-refractivity contribution in [2.24, 2.45) is 4.99 Å². The van der Waals surface area contributed by atoms with Crippen LogP contribution in [0, 0.1) is 0 Å². The van der Waals surface area contributed by atoms with Crippen LogP contribution in [0.4, 0.5) is 0 Å². The average molecular weight is 283 g/mol. The lowest BCUT2D eigenvalue weighted by Crippen LogP contribution is -2.34. The first-order valence-electron chi connectivity index (χ1n) is 6.96. The van der Waals surface area contributed by atoms with E-state index < -0.39 is 0 Å². The van der Waals surface area contributed by atoms with Crippen molar-refractivity contribution in [2.75, 3.05) is 14.1 Å². The molecule has 2 N–H and O–H groups in total. The summed E-state index contributed by atoms with van der Waals surface area (Å²) >= 11 is 0. The topological polar surface area (TPSA) is 45.7 Å². The smallest absolute Gasteiger partial charge is 0.190 e. The number of ether oxygens (including phenoxy) is 1. The van der Waals surface area contributed by atoms with Crippen LogP contribution in [-0.4, -0.2) is 20.1 Å². The first kappa shape index (κ1) is 14.9. The molecule has 0 aliphatic carbocycles. The van der Waals surface area contributed by atoms with Gasteiger partial charge in [0.25, 0.3) is 0 Å². The van der Waals surface area contributed by atoms with Crippen molar-refractivity contribution >= 4 is 5.96 Å². The Hall–Kier alpha value is -2.49. The molecule has 0 radical (unpaired) electrons. The molecule has 0 aromatic heterocycles. The van der Waals surface area contributed by atoms with Gasteiger partial charge in [-0.3, -0.25) is 4.99 Å². The molecule has 0 heterocycles. The van der Waals surface area contributed by atoms with Crippen LogP contribution in [0.1, 0.15) is 11.1 Å². The summed E-state index contributed by atoms with van der Waals surface area (Å²) in [5.41, 5.74) is 2.36. The second kappa shape index (κ2) is 7.94. The van der Waals surface area contributed by atoms with Crippen molar-refractivity contribution in [2.45, 2.75) is 13.2 Å². The predicted molar refractivity (Wildman–Crippen MR) is 86.5 cm³/mol. The Balaban J connectivity index is 1.84. The highest BCUT2D eigenvalue weighted by Gasteiger charge is 1.98. The summed E-state index contributed by atoms with van der Waals surface area (Å²) in [6.07, 6.45) is 0. The highest BCUT2D eigenvalue weighted by molar-refractivity contribution is 5.79. The number of nitrogens with zero attached hydrogens (tertiary/aromatic N) is 1. The zero-order valence-electron chi connectivity index (χ0n) is 12.5. The summed E-state index contributed by atoms with van der Waals surface area (Å²) in [7, 11) is 3.60.